The van der Waals surface area contributed by atoms with Crippen LogP contribution in [0, 0.1) is 0 Å². The lowest BCUT2D eigenvalue weighted by molar-refractivity contribution is -0.870. The van der Waals surface area contributed by atoms with E-state index in [1.165, 1.54) is 167 Å². The predicted octanol–water partition coefficient (Wildman–Crippen LogP) is 14.2. The van der Waals surface area contributed by atoms with Gasteiger partial charge in [0.2, 0.25) is 5.91 Å². The summed E-state index contributed by atoms with van der Waals surface area (Å²) in [6, 6.07) is -0.887. The number of unbranched alkanes of at least 4 members (excludes halogenated alkanes) is 32. The van der Waals surface area contributed by atoms with Crippen LogP contribution in [0.25, 0.3) is 0 Å². The normalized spacial score (nSPS) is 14.3. The van der Waals surface area contributed by atoms with Crippen molar-refractivity contribution in [3.05, 3.63) is 24.3 Å². The van der Waals surface area contributed by atoms with E-state index in [0.717, 1.165) is 57.8 Å². The zero-order valence-corrected chi connectivity index (χ0v) is 41.3. The Hall–Kier alpha value is -1.02. The molecule has 0 aromatic heterocycles. The molecule has 1 amide bonds. The van der Waals surface area contributed by atoms with Gasteiger partial charge in [-0.25, -0.2) is 0 Å². The van der Waals surface area contributed by atoms with E-state index in [1.54, 1.807) is 6.08 Å². The van der Waals surface area contributed by atoms with Gasteiger partial charge in [-0.05, 0) is 38.5 Å². The van der Waals surface area contributed by atoms with Crippen LogP contribution in [-0.2, 0) is 18.4 Å². The van der Waals surface area contributed by atoms with Crippen LogP contribution in [0.4, 0.5) is 0 Å². The van der Waals surface area contributed by atoms with Crippen LogP contribution < -0.4 is 10.2 Å². The van der Waals surface area contributed by atoms with E-state index in [2.05, 4.69) is 31.3 Å². The third-order valence-corrected chi connectivity index (χ3v) is 12.6. The van der Waals surface area contributed by atoms with Gasteiger partial charge < -0.3 is 28.8 Å². The monoisotopic (exact) mass is 869 g/mol. The van der Waals surface area contributed by atoms with Crippen molar-refractivity contribution in [3.63, 3.8) is 0 Å². The van der Waals surface area contributed by atoms with Crippen molar-refractivity contribution >= 4 is 13.7 Å². The maximum atomic E-state index is 12.8. The van der Waals surface area contributed by atoms with Crippen molar-refractivity contribution in [2.75, 3.05) is 40.9 Å². The molecule has 0 spiro atoms. The maximum absolute atomic E-state index is 12.8. The molecule has 60 heavy (non-hydrogen) atoms. The molecule has 0 radical (unpaired) electrons. The third-order valence-electron chi connectivity index (χ3n) is 11.7. The summed E-state index contributed by atoms with van der Waals surface area (Å²) in [7, 11) is 1.26. The average molecular weight is 869 g/mol. The molecule has 356 valence electrons. The van der Waals surface area contributed by atoms with Crippen molar-refractivity contribution in [3.8, 4) is 0 Å². The van der Waals surface area contributed by atoms with Gasteiger partial charge in [-0.1, -0.05) is 224 Å². The van der Waals surface area contributed by atoms with Crippen LogP contribution in [0.1, 0.15) is 245 Å². The van der Waals surface area contributed by atoms with E-state index >= 15 is 0 Å². The van der Waals surface area contributed by atoms with Crippen LogP contribution in [0.5, 0.6) is 0 Å². The number of allylic oxidation sites excluding steroid dienone is 3. The summed E-state index contributed by atoms with van der Waals surface area (Å²) in [5.41, 5.74) is 0. The van der Waals surface area contributed by atoms with Crippen LogP contribution in [0.3, 0.4) is 0 Å². The minimum atomic E-state index is -4.59. The van der Waals surface area contributed by atoms with E-state index in [1.807, 2.05) is 27.2 Å². The standard InChI is InChI=1S/C51H101N2O6P/c1-6-8-10-12-14-16-18-19-20-21-22-23-24-25-26-27-28-29-30-31-32-33-35-36-38-40-42-44-50(54)49(48-59-60(56,57)58-47-46-53(3,4)5)52-51(55)45-43-41-39-37-34-17-15-13-11-9-7-2/h13,15,42,44,49-50,54H,6-12,14,16-41,43,45-48H2,1-5H3,(H-,52,55,56,57)/b15-13-,44-42+. The first-order valence-electron chi connectivity index (χ1n) is 25.7. The van der Waals surface area contributed by atoms with Crippen molar-refractivity contribution in [1.82, 2.24) is 5.32 Å². The minimum Gasteiger partial charge on any atom is -0.756 e. The number of aliphatic hydroxyl groups excluding tert-OH is 1. The number of hydrogen-bond acceptors (Lipinski definition) is 6. The summed E-state index contributed by atoms with van der Waals surface area (Å²) < 4.78 is 23.2. The highest BCUT2D eigenvalue weighted by Gasteiger charge is 2.23. The lowest BCUT2D eigenvalue weighted by atomic mass is 10.0. The number of aliphatic hydroxyl groups is 1. The molecule has 2 N–H and O–H groups in total. The highest BCUT2D eigenvalue weighted by Crippen LogP contribution is 2.38. The molecule has 0 fully saturated rings. The molecule has 3 unspecified atom stereocenters. The number of likely N-dealkylation sites (N-methyl/N-ethyl adjacent to an activating group) is 1. The van der Waals surface area contributed by atoms with Crippen LogP contribution in [0.15, 0.2) is 24.3 Å². The van der Waals surface area contributed by atoms with Gasteiger partial charge in [0.05, 0.1) is 39.9 Å². The second-order valence-electron chi connectivity index (χ2n) is 18.9. The molecule has 0 aliphatic carbocycles. The Balaban J connectivity index is 4.14. The molecule has 0 saturated heterocycles. The lowest BCUT2D eigenvalue weighted by Crippen LogP contribution is -2.45. The number of hydrogen-bond donors (Lipinski definition) is 2. The Morgan fingerprint density at radius 1 is 0.567 bits per heavy atom. The van der Waals surface area contributed by atoms with E-state index in [9.17, 15) is 19.4 Å². The molecule has 3 atom stereocenters. The molecule has 8 nitrogen and oxygen atoms in total. The smallest absolute Gasteiger partial charge is 0.268 e. The predicted molar refractivity (Wildman–Crippen MR) is 256 cm³/mol. The Bertz CT molecular complexity index is 1030. The summed E-state index contributed by atoms with van der Waals surface area (Å²) in [6.45, 7) is 4.62. The number of carbonyl (C=O) groups is 1. The molecule has 0 aliphatic rings. The van der Waals surface area contributed by atoms with Gasteiger partial charge >= 0.3 is 0 Å². The third kappa shape index (κ3) is 45.0. The number of carbonyl (C=O) groups excluding carboxylic acids is 1. The first-order chi connectivity index (χ1) is 29.0. The summed E-state index contributed by atoms with van der Waals surface area (Å²) in [6.07, 6.45) is 52.5. The highest BCUT2D eigenvalue weighted by atomic mass is 31.2. The first-order valence-corrected chi connectivity index (χ1v) is 27.2. The fourth-order valence-electron chi connectivity index (χ4n) is 7.55. The number of rotatable bonds is 47. The molecule has 0 aromatic rings. The quantitative estimate of drug-likeness (QED) is 0.0273. The second-order valence-corrected chi connectivity index (χ2v) is 20.3. The van der Waals surface area contributed by atoms with E-state index in [-0.39, 0.29) is 19.1 Å². The summed E-state index contributed by atoms with van der Waals surface area (Å²) >= 11 is 0. The fourth-order valence-corrected chi connectivity index (χ4v) is 8.27. The SMILES string of the molecule is CCCC/C=C\CCCCCCCC(=O)NC(COP(=O)([O-])OCC[N+](C)(C)C)C(O)/C=C/CCCCCCCCCCCCCCCCCCCCCCCCCCC. The largest absolute Gasteiger partial charge is 0.756 e. The Morgan fingerprint density at radius 2 is 0.933 bits per heavy atom. The van der Waals surface area contributed by atoms with Crippen LogP contribution >= 0.6 is 7.82 Å². The highest BCUT2D eigenvalue weighted by molar-refractivity contribution is 7.45. The molecule has 9 heteroatoms. The van der Waals surface area contributed by atoms with E-state index in [0.29, 0.717) is 17.4 Å². The number of phosphoric ester groups is 1. The number of amides is 1. The van der Waals surface area contributed by atoms with E-state index < -0.39 is 20.0 Å². The van der Waals surface area contributed by atoms with Gasteiger partial charge in [-0.2, -0.15) is 0 Å². The zero-order chi connectivity index (χ0) is 44.3. The molecule has 0 saturated carbocycles. The molecule has 0 bridgehead atoms. The molecule has 0 aromatic carbocycles. The number of nitrogens with one attached hydrogen (secondary N) is 1. The maximum Gasteiger partial charge on any atom is 0.268 e. The number of phosphoric acid groups is 1. The van der Waals surface area contributed by atoms with Crippen LogP contribution in [-0.4, -0.2) is 68.5 Å². The second kappa shape index (κ2) is 43.2. The van der Waals surface area contributed by atoms with E-state index in [4.69, 9.17) is 9.05 Å². The Kier molecular flexibility index (Phi) is 42.5. The van der Waals surface area contributed by atoms with Gasteiger partial charge in [0, 0.05) is 6.42 Å². The zero-order valence-electron chi connectivity index (χ0n) is 40.4. The molecule has 0 heterocycles. The summed E-state index contributed by atoms with van der Waals surface area (Å²) in [5, 5.41) is 13.8. The first kappa shape index (κ1) is 59.0. The van der Waals surface area contributed by atoms with Crippen molar-refractivity contribution < 1.29 is 32.9 Å². The molecule has 0 aliphatic heterocycles. The van der Waals surface area contributed by atoms with Crippen molar-refractivity contribution in [1.29, 1.82) is 0 Å². The average Bonchev–Trinajstić information content (AvgIpc) is 3.20. The van der Waals surface area contributed by atoms with Crippen molar-refractivity contribution in [2.45, 2.75) is 257 Å². The molecular weight excluding hydrogens is 768 g/mol. The summed E-state index contributed by atoms with van der Waals surface area (Å²) in [4.78, 5) is 25.3. The Labute approximate surface area is 373 Å². The minimum absolute atomic E-state index is 0.00147. The number of nitrogens with zero attached hydrogens (tertiary/aromatic N) is 1. The lowest BCUT2D eigenvalue weighted by Gasteiger charge is -2.29. The summed E-state index contributed by atoms with van der Waals surface area (Å²) in [5.74, 6) is -0.207. The van der Waals surface area contributed by atoms with Gasteiger partial charge in [0.25, 0.3) is 7.82 Å². The van der Waals surface area contributed by atoms with Gasteiger partial charge in [0.15, 0.2) is 0 Å². The topological polar surface area (TPSA) is 108 Å². The number of quaternary nitrogens is 1. The Morgan fingerprint density at radius 3 is 1.35 bits per heavy atom. The van der Waals surface area contributed by atoms with Gasteiger partial charge in [-0.15, -0.1) is 0 Å². The van der Waals surface area contributed by atoms with Crippen molar-refractivity contribution in [2.24, 2.45) is 0 Å². The van der Waals surface area contributed by atoms with Gasteiger partial charge in [0.1, 0.15) is 13.2 Å². The molecule has 0 rings (SSSR count). The van der Waals surface area contributed by atoms with Gasteiger partial charge in [-0.3, -0.25) is 9.36 Å². The molecular formula is C51H101N2O6P. The van der Waals surface area contributed by atoms with Crippen LogP contribution in [0.2, 0.25) is 0 Å². The fraction of sp³-hybridized carbons (Fsp3) is 0.902.